The first-order valence-electron chi connectivity index (χ1n) is 8.58. The topological polar surface area (TPSA) is 114 Å². The standard InChI is InChI=1S/C21H16O6S2.2Na/c22-28(23,24)18-9-10-20-15(4-2-6-17(20)12-18)11-16-5-1-3-14-7-8-19(13-21(14)16)29(25,26)27;;/h1-10,12-13H,11H2,(H,22,23,24)(H,25,26,27);;/q;2*+1/p-2. The van der Waals surface area contributed by atoms with Gasteiger partial charge in [0.2, 0.25) is 0 Å². The van der Waals surface area contributed by atoms with Gasteiger partial charge in [-0.05, 0) is 63.4 Å². The summed E-state index contributed by atoms with van der Waals surface area (Å²) in [6.45, 7) is 0. The van der Waals surface area contributed by atoms with Crippen LogP contribution in [0.1, 0.15) is 11.1 Å². The van der Waals surface area contributed by atoms with Crippen molar-refractivity contribution in [1.82, 2.24) is 0 Å². The fourth-order valence-corrected chi connectivity index (χ4v) is 4.47. The molecule has 0 radical (unpaired) electrons. The van der Waals surface area contributed by atoms with Crippen molar-refractivity contribution in [1.29, 1.82) is 0 Å². The molecule has 4 aromatic rings. The van der Waals surface area contributed by atoms with Crippen molar-refractivity contribution < 1.29 is 85.1 Å². The summed E-state index contributed by atoms with van der Waals surface area (Å²) >= 11 is 0. The van der Waals surface area contributed by atoms with Gasteiger partial charge < -0.3 is 9.11 Å². The Hall–Kier alpha value is -0.780. The molecule has 0 aliphatic rings. The van der Waals surface area contributed by atoms with Crippen LogP contribution in [-0.2, 0) is 26.7 Å². The van der Waals surface area contributed by atoms with Gasteiger partial charge in [-0.25, -0.2) is 16.8 Å². The molecule has 0 atom stereocenters. The van der Waals surface area contributed by atoms with Crippen LogP contribution in [0.3, 0.4) is 0 Å². The fraction of sp³-hybridized carbons (Fsp3) is 0.0476. The molecule has 0 bridgehead atoms. The Balaban J connectivity index is 0.00000171. The van der Waals surface area contributed by atoms with E-state index in [1.165, 1.54) is 24.3 Å². The molecule has 6 nitrogen and oxygen atoms in total. The van der Waals surface area contributed by atoms with Gasteiger partial charge >= 0.3 is 59.1 Å². The van der Waals surface area contributed by atoms with Crippen molar-refractivity contribution in [3.63, 3.8) is 0 Å². The molecular formula is C21H14Na2O6S2. The first kappa shape index (κ1) is 26.5. The molecule has 0 saturated heterocycles. The minimum Gasteiger partial charge on any atom is -0.744 e. The van der Waals surface area contributed by atoms with Crippen molar-refractivity contribution in [2.45, 2.75) is 16.2 Å². The molecule has 0 N–H and O–H groups in total. The summed E-state index contributed by atoms with van der Waals surface area (Å²) < 4.78 is 68.1. The fourth-order valence-electron chi connectivity index (χ4n) is 3.47. The Morgan fingerprint density at radius 3 is 1.71 bits per heavy atom. The summed E-state index contributed by atoms with van der Waals surface area (Å²) in [5, 5.41) is 2.85. The largest absolute Gasteiger partial charge is 1.00 e. The number of rotatable bonds is 4. The van der Waals surface area contributed by atoms with Crippen molar-refractivity contribution in [3.05, 3.63) is 83.9 Å². The molecule has 0 aromatic heterocycles. The predicted molar refractivity (Wildman–Crippen MR) is 107 cm³/mol. The molecule has 0 heterocycles. The van der Waals surface area contributed by atoms with Crippen LogP contribution in [0.5, 0.6) is 0 Å². The summed E-state index contributed by atoms with van der Waals surface area (Å²) in [7, 11) is -9.12. The number of fused-ring (bicyclic) bond motifs is 2. The first-order chi connectivity index (χ1) is 13.6. The molecule has 0 aliphatic carbocycles. The molecular weight excluding hydrogens is 458 g/mol. The molecule has 31 heavy (non-hydrogen) atoms. The van der Waals surface area contributed by atoms with Crippen LogP contribution < -0.4 is 59.1 Å². The van der Waals surface area contributed by atoms with E-state index < -0.39 is 20.2 Å². The average Bonchev–Trinajstić information content (AvgIpc) is 2.66. The van der Waals surface area contributed by atoms with Crippen LogP contribution in [-0.4, -0.2) is 25.9 Å². The third-order valence-corrected chi connectivity index (χ3v) is 6.51. The summed E-state index contributed by atoms with van der Waals surface area (Å²) in [5.41, 5.74) is 1.70. The normalized spacial score (nSPS) is 11.7. The van der Waals surface area contributed by atoms with Crippen LogP contribution in [0.15, 0.2) is 82.6 Å². The smallest absolute Gasteiger partial charge is 0.744 e. The van der Waals surface area contributed by atoms with Crippen LogP contribution in [0.4, 0.5) is 0 Å². The number of benzene rings is 4. The van der Waals surface area contributed by atoms with Gasteiger partial charge in [-0.1, -0.05) is 48.5 Å². The number of hydrogen-bond donors (Lipinski definition) is 0. The molecule has 4 rings (SSSR count). The Morgan fingerprint density at radius 2 is 1.10 bits per heavy atom. The Morgan fingerprint density at radius 1 is 0.581 bits per heavy atom. The van der Waals surface area contributed by atoms with Crippen LogP contribution in [0.2, 0.25) is 0 Å². The number of hydrogen-bond acceptors (Lipinski definition) is 6. The zero-order valence-electron chi connectivity index (χ0n) is 16.9. The second-order valence-corrected chi connectivity index (χ2v) is 9.44. The Kier molecular flexibility index (Phi) is 8.55. The van der Waals surface area contributed by atoms with Gasteiger partial charge in [-0.2, -0.15) is 0 Å². The van der Waals surface area contributed by atoms with Gasteiger partial charge in [-0.3, -0.25) is 0 Å². The summed E-state index contributed by atoms with van der Waals surface area (Å²) in [5.74, 6) is 0. The van der Waals surface area contributed by atoms with Gasteiger partial charge in [0.05, 0.1) is 9.79 Å². The monoisotopic (exact) mass is 472 g/mol. The van der Waals surface area contributed by atoms with Gasteiger partial charge in [-0.15, -0.1) is 0 Å². The molecule has 4 aromatic carbocycles. The van der Waals surface area contributed by atoms with Crippen molar-refractivity contribution in [3.8, 4) is 0 Å². The molecule has 0 aliphatic heterocycles. The van der Waals surface area contributed by atoms with E-state index in [0.717, 1.165) is 21.9 Å². The quantitative estimate of drug-likeness (QED) is 0.238. The molecule has 10 heteroatoms. The third-order valence-electron chi connectivity index (χ3n) is 4.84. The molecule has 0 unspecified atom stereocenters. The minimum absolute atomic E-state index is 0. The van der Waals surface area contributed by atoms with E-state index in [0.29, 0.717) is 17.2 Å². The Labute approximate surface area is 224 Å². The summed E-state index contributed by atoms with van der Waals surface area (Å²) in [6.07, 6.45) is 0.431. The molecule has 0 amide bonds. The second-order valence-electron chi connectivity index (χ2n) is 6.69. The van der Waals surface area contributed by atoms with Gasteiger partial charge in [0.25, 0.3) is 0 Å². The minimum atomic E-state index is -4.57. The maximum Gasteiger partial charge on any atom is 1.00 e. The van der Waals surface area contributed by atoms with Crippen LogP contribution in [0, 0.1) is 0 Å². The van der Waals surface area contributed by atoms with E-state index in [4.69, 9.17) is 0 Å². The third kappa shape index (κ3) is 5.78. The first-order valence-corrected chi connectivity index (χ1v) is 11.4. The van der Waals surface area contributed by atoms with E-state index in [9.17, 15) is 25.9 Å². The molecule has 148 valence electrons. The molecule has 0 spiro atoms. The summed E-state index contributed by atoms with van der Waals surface area (Å²) in [6, 6.07) is 19.3. The molecule has 0 fully saturated rings. The average molecular weight is 472 g/mol. The van der Waals surface area contributed by atoms with E-state index in [-0.39, 0.29) is 68.9 Å². The van der Waals surface area contributed by atoms with E-state index in [2.05, 4.69) is 0 Å². The van der Waals surface area contributed by atoms with E-state index >= 15 is 0 Å². The van der Waals surface area contributed by atoms with E-state index in [1.54, 1.807) is 24.3 Å². The van der Waals surface area contributed by atoms with Crippen LogP contribution in [0.25, 0.3) is 21.5 Å². The zero-order chi connectivity index (χ0) is 20.8. The molecule has 0 saturated carbocycles. The van der Waals surface area contributed by atoms with E-state index in [1.807, 2.05) is 24.3 Å². The van der Waals surface area contributed by atoms with Crippen molar-refractivity contribution >= 4 is 41.8 Å². The van der Waals surface area contributed by atoms with Crippen molar-refractivity contribution in [2.24, 2.45) is 0 Å². The Bertz CT molecular complexity index is 1480. The maximum atomic E-state index is 11.4. The predicted octanol–water partition coefficient (Wildman–Crippen LogP) is -2.60. The SMILES string of the molecule is O=S(=O)([O-])c1ccc2c(Cc3cccc4ccc(S(=O)(=O)[O-])cc34)cccc2c1.[Na+].[Na+]. The second kappa shape index (κ2) is 10.0. The maximum absolute atomic E-state index is 11.4. The summed E-state index contributed by atoms with van der Waals surface area (Å²) in [4.78, 5) is -0.585. The van der Waals surface area contributed by atoms with Crippen molar-refractivity contribution in [2.75, 3.05) is 0 Å². The van der Waals surface area contributed by atoms with Gasteiger partial charge in [0.1, 0.15) is 20.2 Å². The zero-order valence-corrected chi connectivity index (χ0v) is 22.5. The van der Waals surface area contributed by atoms with Crippen LogP contribution >= 0.6 is 0 Å². The van der Waals surface area contributed by atoms with Gasteiger partial charge in [0.15, 0.2) is 0 Å². The van der Waals surface area contributed by atoms with Gasteiger partial charge in [0, 0.05) is 0 Å².